The highest BCUT2D eigenvalue weighted by atomic mass is 16.5. The minimum atomic E-state index is -0.0737. The molecule has 1 aliphatic rings. The van der Waals surface area contributed by atoms with Crippen LogP contribution in [0.2, 0.25) is 0 Å². The van der Waals surface area contributed by atoms with Crippen molar-refractivity contribution in [2.24, 2.45) is 0 Å². The van der Waals surface area contributed by atoms with Crippen LogP contribution in [-0.4, -0.2) is 25.6 Å². The quantitative estimate of drug-likeness (QED) is 0.860. The Morgan fingerprint density at radius 3 is 2.83 bits per heavy atom. The SMILES string of the molecule is COc1cc(C)cc(C)c1NC(=O)C1CCCN1. The van der Waals surface area contributed by atoms with Crippen LogP contribution in [0.5, 0.6) is 5.75 Å². The summed E-state index contributed by atoms with van der Waals surface area (Å²) in [6.45, 7) is 4.91. The van der Waals surface area contributed by atoms with E-state index in [2.05, 4.69) is 10.6 Å². The van der Waals surface area contributed by atoms with Crippen molar-refractivity contribution in [1.29, 1.82) is 0 Å². The van der Waals surface area contributed by atoms with Gasteiger partial charge in [0.2, 0.25) is 5.91 Å². The number of methoxy groups -OCH3 is 1. The zero-order chi connectivity index (χ0) is 13.1. The molecule has 1 aliphatic heterocycles. The van der Waals surface area contributed by atoms with Crippen LogP contribution in [0.4, 0.5) is 5.69 Å². The van der Waals surface area contributed by atoms with Crippen molar-refractivity contribution >= 4 is 11.6 Å². The van der Waals surface area contributed by atoms with Crippen LogP contribution in [-0.2, 0) is 4.79 Å². The number of nitrogens with one attached hydrogen (secondary N) is 2. The predicted octanol–water partition coefficient (Wildman–Crippen LogP) is 2.00. The van der Waals surface area contributed by atoms with E-state index in [0.717, 1.165) is 42.0 Å². The largest absolute Gasteiger partial charge is 0.495 e. The van der Waals surface area contributed by atoms with Crippen LogP contribution < -0.4 is 15.4 Å². The third kappa shape index (κ3) is 2.64. The van der Waals surface area contributed by atoms with Gasteiger partial charge in [-0.25, -0.2) is 0 Å². The van der Waals surface area contributed by atoms with Gasteiger partial charge in [-0.05, 0) is 50.4 Å². The smallest absolute Gasteiger partial charge is 0.241 e. The molecule has 0 saturated carbocycles. The van der Waals surface area contributed by atoms with E-state index in [1.54, 1.807) is 7.11 Å². The maximum absolute atomic E-state index is 12.1. The van der Waals surface area contributed by atoms with Gasteiger partial charge in [-0.15, -0.1) is 0 Å². The summed E-state index contributed by atoms with van der Waals surface area (Å²) in [5.41, 5.74) is 2.93. The van der Waals surface area contributed by atoms with E-state index in [1.807, 2.05) is 26.0 Å². The zero-order valence-corrected chi connectivity index (χ0v) is 11.2. The van der Waals surface area contributed by atoms with Crippen molar-refractivity contribution in [3.05, 3.63) is 23.3 Å². The summed E-state index contributed by atoms with van der Waals surface area (Å²) < 4.78 is 5.34. The molecule has 18 heavy (non-hydrogen) atoms. The predicted molar refractivity (Wildman–Crippen MR) is 72.1 cm³/mol. The number of aryl methyl sites for hydroxylation is 2. The van der Waals surface area contributed by atoms with Gasteiger partial charge >= 0.3 is 0 Å². The maximum atomic E-state index is 12.1. The number of carbonyl (C=O) groups is 1. The molecule has 0 aliphatic carbocycles. The second-order valence-corrected chi connectivity index (χ2v) is 4.80. The van der Waals surface area contributed by atoms with E-state index in [4.69, 9.17) is 4.74 Å². The average Bonchev–Trinajstić information content (AvgIpc) is 2.85. The molecule has 1 aromatic rings. The summed E-state index contributed by atoms with van der Waals surface area (Å²) in [5.74, 6) is 0.747. The van der Waals surface area contributed by atoms with Gasteiger partial charge in [-0.3, -0.25) is 4.79 Å². The van der Waals surface area contributed by atoms with Gasteiger partial charge in [0.05, 0.1) is 18.8 Å². The minimum Gasteiger partial charge on any atom is -0.495 e. The Bertz CT molecular complexity index is 451. The molecule has 1 atom stereocenters. The fourth-order valence-electron chi connectivity index (χ4n) is 2.37. The zero-order valence-electron chi connectivity index (χ0n) is 11.2. The highest BCUT2D eigenvalue weighted by Crippen LogP contribution is 2.30. The molecule has 2 rings (SSSR count). The molecule has 4 heteroatoms. The molecule has 0 spiro atoms. The first-order chi connectivity index (χ1) is 8.61. The summed E-state index contributed by atoms with van der Waals surface area (Å²) in [6.07, 6.45) is 1.96. The summed E-state index contributed by atoms with van der Waals surface area (Å²) in [4.78, 5) is 12.1. The van der Waals surface area contributed by atoms with Crippen molar-refractivity contribution < 1.29 is 9.53 Å². The van der Waals surface area contributed by atoms with E-state index in [-0.39, 0.29) is 11.9 Å². The lowest BCUT2D eigenvalue weighted by molar-refractivity contribution is -0.117. The average molecular weight is 248 g/mol. The molecule has 1 heterocycles. The first kappa shape index (κ1) is 12.9. The van der Waals surface area contributed by atoms with Gasteiger partial charge in [-0.1, -0.05) is 6.07 Å². The topological polar surface area (TPSA) is 50.4 Å². The van der Waals surface area contributed by atoms with E-state index >= 15 is 0 Å². The summed E-state index contributed by atoms with van der Waals surface area (Å²) in [7, 11) is 1.62. The number of amides is 1. The summed E-state index contributed by atoms with van der Waals surface area (Å²) in [6, 6.07) is 3.90. The first-order valence-electron chi connectivity index (χ1n) is 6.31. The van der Waals surface area contributed by atoms with Crippen LogP contribution in [0.15, 0.2) is 12.1 Å². The van der Waals surface area contributed by atoms with Gasteiger partial charge in [0.1, 0.15) is 5.75 Å². The molecule has 0 aromatic heterocycles. The summed E-state index contributed by atoms with van der Waals surface area (Å²) in [5, 5.41) is 6.16. The lowest BCUT2D eigenvalue weighted by atomic mass is 10.1. The molecule has 1 aromatic carbocycles. The molecule has 0 bridgehead atoms. The molecule has 1 unspecified atom stereocenters. The van der Waals surface area contributed by atoms with Crippen molar-refractivity contribution in [3.8, 4) is 5.75 Å². The van der Waals surface area contributed by atoms with Crippen LogP contribution in [0.25, 0.3) is 0 Å². The number of hydrogen-bond acceptors (Lipinski definition) is 3. The number of carbonyl (C=O) groups excluding carboxylic acids is 1. The Balaban J connectivity index is 2.19. The highest BCUT2D eigenvalue weighted by molar-refractivity contribution is 5.97. The molecule has 2 N–H and O–H groups in total. The molecule has 4 nitrogen and oxygen atoms in total. The Morgan fingerprint density at radius 1 is 1.44 bits per heavy atom. The fraction of sp³-hybridized carbons (Fsp3) is 0.500. The molecule has 1 amide bonds. The number of benzene rings is 1. The van der Waals surface area contributed by atoms with Crippen molar-refractivity contribution in [2.75, 3.05) is 19.0 Å². The number of hydrogen-bond donors (Lipinski definition) is 2. The van der Waals surface area contributed by atoms with E-state index in [9.17, 15) is 4.79 Å². The second kappa shape index (κ2) is 5.40. The van der Waals surface area contributed by atoms with Gasteiger partial charge in [-0.2, -0.15) is 0 Å². The van der Waals surface area contributed by atoms with Gasteiger partial charge in [0.15, 0.2) is 0 Å². The van der Waals surface area contributed by atoms with Crippen molar-refractivity contribution in [3.63, 3.8) is 0 Å². The fourth-order valence-corrected chi connectivity index (χ4v) is 2.37. The lowest BCUT2D eigenvalue weighted by Crippen LogP contribution is -2.35. The van der Waals surface area contributed by atoms with Crippen molar-refractivity contribution in [2.45, 2.75) is 32.7 Å². The van der Waals surface area contributed by atoms with Crippen molar-refractivity contribution in [1.82, 2.24) is 5.32 Å². The van der Waals surface area contributed by atoms with E-state index < -0.39 is 0 Å². The monoisotopic (exact) mass is 248 g/mol. The molecular weight excluding hydrogens is 228 g/mol. The van der Waals surface area contributed by atoms with E-state index in [1.165, 1.54) is 0 Å². The molecule has 1 fully saturated rings. The van der Waals surface area contributed by atoms with Gasteiger partial charge in [0.25, 0.3) is 0 Å². The number of rotatable bonds is 3. The third-order valence-electron chi connectivity index (χ3n) is 3.29. The van der Waals surface area contributed by atoms with Gasteiger partial charge < -0.3 is 15.4 Å². The Kier molecular flexibility index (Phi) is 3.87. The Hall–Kier alpha value is -1.55. The van der Waals surface area contributed by atoms with E-state index in [0.29, 0.717) is 0 Å². The van der Waals surface area contributed by atoms with Crippen LogP contribution >= 0.6 is 0 Å². The maximum Gasteiger partial charge on any atom is 0.241 e. The lowest BCUT2D eigenvalue weighted by Gasteiger charge is -2.16. The Labute approximate surface area is 108 Å². The van der Waals surface area contributed by atoms with Crippen LogP contribution in [0, 0.1) is 13.8 Å². The highest BCUT2D eigenvalue weighted by Gasteiger charge is 2.23. The molecular formula is C14H20N2O2. The summed E-state index contributed by atoms with van der Waals surface area (Å²) >= 11 is 0. The second-order valence-electron chi connectivity index (χ2n) is 4.80. The van der Waals surface area contributed by atoms with Crippen LogP contribution in [0.3, 0.4) is 0 Å². The normalized spacial score (nSPS) is 18.7. The first-order valence-corrected chi connectivity index (χ1v) is 6.31. The Morgan fingerprint density at radius 2 is 2.22 bits per heavy atom. The minimum absolute atomic E-state index is 0.0257. The van der Waals surface area contributed by atoms with Crippen LogP contribution in [0.1, 0.15) is 24.0 Å². The standard InChI is InChI=1S/C14H20N2O2/c1-9-7-10(2)13(12(8-9)18-3)16-14(17)11-5-4-6-15-11/h7-8,11,15H,4-6H2,1-3H3,(H,16,17). The molecule has 1 saturated heterocycles. The number of anilines is 1. The molecule has 0 radical (unpaired) electrons. The van der Waals surface area contributed by atoms with Gasteiger partial charge in [0, 0.05) is 0 Å². The number of ether oxygens (including phenoxy) is 1. The third-order valence-corrected chi connectivity index (χ3v) is 3.29. The molecule has 98 valence electrons.